The molecule has 0 aliphatic heterocycles. The van der Waals surface area contributed by atoms with Crippen LogP contribution in [-0.2, 0) is 35.7 Å². The summed E-state index contributed by atoms with van der Waals surface area (Å²) in [6, 6.07) is 15.4. The van der Waals surface area contributed by atoms with Gasteiger partial charge in [-0.1, -0.05) is 56.3 Å². The largest absolute Gasteiger partial charge is 0.500 e. The maximum absolute atomic E-state index is 11.6. The van der Waals surface area contributed by atoms with Gasteiger partial charge in [0.15, 0.2) is 0 Å². The van der Waals surface area contributed by atoms with Crippen molar-refractivity contribution in [2.75, 3.05) is 34.5 Å². The van der Waals surface area contributed by atoms with E-state index in [-0.39, 0.29) is 13.2 Å². The molecule has 0 spiro atoms. The van der Waals surface area contributed by atoms with Gasteiger partial charge in [0.2, 0.25) is 0 Å². The Kier molecular flexibility index (Phi) is 10.8. The van der Waals surface area contributed by atoms with Crippen molar-refractivity contribution in [1.82, 2.24) is 0 Å². The van der Waals surface area contributed by atoms with E-state index in [9.17, 15) is 4.79 Å². The number of hydrogen-bond acceptors (Lipinski definition) is 6. The molecule has 0 aromatic heterocycles. The third-order valence-corrected chi connectivity index (χ3v) is 8.18. The SMILES string of the molecule is C=C(C)C(=O)OCCOc1cc(-c2ccc(CCC)cc2)ccc1CC[Si](OC)(OC)OC. The summed E-state index contributed by atoms with van der Waals surface area (Å²) in [5.74, 6) is 0.318. The van der Waals surface area contributed by atoms with E-state index in [0.29, 0.717) is 18.0 Å². The minimum absolute atomic E-state index is 0.147. The van der Waals surface area contributed by atoms with Gasteiger partial charge in [0.25, 0.3) is 0 Å². The molecule has 0 amide bonds. The molecule has 0 atom stereocenters. The van der Waals surface area contributed by atoms with Crippen LogP contribution in [0.2, 0.25) is 6.04 Å². The number of rotatable bonds is 14. The van der Waals surface area contributed by atoms with Gasteiger partial charge in [-0.25, -0.2) is 4.79 Å². The van der Waals surface area contributed by atoms with Crippen molar-refractivity contribution in [3.05, 3.63) is 65.7 Å². The highest BCUT2D eigenvalue weighted by Gasteiger charge is 2.37. The van der Waals surface area contributed by atoms with Gasteiger partial charge >= 0.3 is 14.8 Å². The van der Waals surface area contributed by atoms with Crippen LogP contribution < -0.4 is 4.74 Å². The molecule has 180 valence electrons. The van der Waals surface area contributed by atoms with Gasteiger partial charge in [-0.15, -0.1) is 0 Å². The van der Waals surface area contributed by atoms with E-state index in [0.717, 1.165) is 35.3 Å². The number of benzene rings is 2. The van der Waals surface area contributed by atoms with Gasteiger partial charge in [0, 0.05) is 32.9 Å². The number of esters is 1. The first-order valence-corrected chi connectivity index (χ1v) is 13.1. The Morgan fingerprint density at radius 3 is 2.12 bits per heavy atom. The zero-order valence-corrected chi connectivity index (χ0v) is 21.4. The molecular formula is C26H36O6Si. The van der Waals surface area contributed by atoms with Crippen LogP contribution in [0.5, 0.6) is 5.75 Å². The van der Waals surface area contributed by atoms with Gasteiger partial charge in [0.05, 0.1) is 0 Å². The number of carbonyl (C=O) groups excluding carboxylic acids is 1. The molecule has 6 nitrogen and oxygen atoms in total. The summed E-state index contributed by atoms with van der Waals surface area (Å²) >= 11 is 0. The van der Waals surface area contributed by atoms with Crippen LogP contribution in [0.1, 0.15) is 31.4 Å². The molecule has 33 heavy (non-hydrogen) atoms. The van der Waals surface area contributed by atoms with Gasteiger partial charge < -0.3 is 22.8 Å². The fourth-order valence-electron chi connectivity index (χ4n) is 3.48. The highest BCUT2D eigenvalue weighted by atomic mass is 28.4. The minimum Gasteiger partial charge on any atom is -0.490 e. The molecule has 2 aromatic rings. The Hall–Kier alpha value is -2.45. The summed E-state index contributed by atoms with van der Waals surface area (Å²) < 4.78 is 27.9. The summed E-state index contributed by atoms with van der Waals surface area (Å²) in [7, 11) is 2.11. The fourth-order valence-corrected chi connectivity index (χ4v) is 5.17. The Bertz CT molecular complexity index is 897. The minimum atomic E-state index is -2.72. The highest BCUT2D eigenvalue weighted by Crippen LogP contribution is 2.30. The van der Waals surface area contributed by atoms with Crippen LogP contribution in [0.3, 0.4) is 0 Å². The number of ether oxygens (including phenoxy) is 2. The second-order valence-corrected chi connectivity index (χ2v) is 10.9. The Balaban J connectivity index is 2.22. The topological polar surface area (TPSA) is 63.2 Å². The number of aryl methyl sites for hydroxylation is 2. The highest BCUT2D eigenvalue weighted by molar-refractivity contribution is 6.60. The van der Waals surface area contributed by atoms with E-state index in [4.69, 9.17) is 22.8 Å². The average Bonchev–Trinajstić information content (AvgIpc) is 2.84. The molecule has 0 saturated heterocycles. The van der Waals surface area contributed by atoms with Crippen molar-refractivity contribution in [2.24, 2.45) is 0 Å². The predicted octanol–water partition coefficient (Wildman–Crippen LogP) is 5.22. The van der Waals surface area contributed by atoms with E-state index in [2.05, 4.69) is 49.9 Å². The predicted molar refractivity (Wildman–Crippen MR) is 132 cm³/mol. The molecule has 0 radical (unpaired) electrons. The van der Waals surface area contributed by atoms with E-state index >= 15 is 0 Å². The van der Waals surface area contributed by atoms with Crippen LogP contribution in [-0.4, -0.2) is 49.3 Å². The van der Waals surface area contributed by atoms with Crippen molar-refractivity contribution in [2.45, 2.75) is 39.2 Å². The van der Waals surface area contributed by atoms with Crippen LogP contribution in [0.15, 0.2) is 54.6 Å². The summed E-state index contributed by atoms with van der Waals surface area (Å²) in [6.07, 6.45) is 2.86. The van der Waals surface area contributed by atoms with Gasteiger partial charge in [-0.05, 0) is 48.1 Å². The summed E-state index contributed by atoms with van der Waals surface area (Å²) in [5, 5.41) is 0. The Morgan fingerprint density at radius 1 is 0.909 bits per heavy atom. The first kappa shape index (κ1) is 26.8. The summed E-state index contributed by atoms with van der Waals surface area (Å²) in [4.78, 5) is 11.6. The van der Waals surface area contributed by atoms with Crippen LogP contribution in [0.25, 0.3) is 11.1 Å². The zero-order valence-electron chi connectivity index (χ0n) is 20.4. The third kappa shape index (κ3) is 7.82. The molecule has 0 saturated carbocycles. The van der Waals surface area contributed by atoms with Crippen molar-refractivity contribution in [3.63, 3.8) is 0 Å². The van der Waals surface area contributed by atoms with Crippen molar-refractivity contribution >= 4 is 14.8 Å². The third-order valence-electron chi connectivity index (χ3n) is 5.45. The van der Waals surface area contributed by atoms with E-state index in [1.807, 2.05) is 6.07 Å². The lowest BCUT2D eigenvalue weighted by Gasteiger charge is -2.24. The molecule has 0 bridgehead atoms. The van der Waals surface area contributed by atoms with E-state index < -0.39 is 14.8 Å². The molecule has 0 aliphatic carbocycles. The fraction of sp³-hybridized carbons (Fsp3) is 0.423. The molecule has 0 fully saturated rings. The van der Waals surface area contributed by atoms with Gasteiger partial charge in [-0.2, -0.15) is 0 Å². The van der Waals surface area contributed by atoms with Gasteiger partial charge in [-0.3, -0.25) is 0 Å². The molecule has 0 aliphatic rings. The zero-order chi connectivity index (χ0) is 24.3. The lowest BCUT2D eigenvalue weighted by atomic mass is 10.00. The maximum Gasteiger partial charge on any atom is 0.500 e. The summed E-state index contributed by atoms with van der Waals surface area (Å²) in [5.41, 5.74) is 4.88. The average molecular weight is 473 g/mol. The van der Waals surface area contributed by atoms with Crippen LogP contribution in [0.4, 0.5) is 0 Å². The van der Waals surface area contributed by atoms with Crippen molar-refractivity contribution in [3.8, 4) is 16.9 Å². The second-order valence-electron chi connectivity index (χ2n) is 7.83. The molecule has 0 heterocycles. The molecule has 7 heteroatoms. The molecular weight excluding hydrogens is 436 g/mol. The maximum atomic E-state index is 11.6. The first-order chi connectivity index (χ1) is 15.9. The molecule has 0 N–H and O–H groups in total. The van der Waals surface area contributed by atoms with E-state index in [1.165, 1.54) is 5.56 Å². The normalized spacial score (nSPS) is 11.3. The Morgan fingerprint density at radius 2 is 1.55 bits per heavy atom. The van der Waals surface area contributed by atoms with Gasteiger partial charge in [0.1, 0.15) is 19.0 Å². The van der Waals surface area contributed by atoms with Crippen LogP contribution in [0, 0.1) is 0 Å². The molecule has 2 aromatic carbocycles. The number of hydrogen-bond donors (Lipinski definition) is 0. The second kappa shape index (κ2) is 13.3. The van der Waals surface area contributed by atoms with E-state index in [1.54, 1.807) is 28.3 Å². The smallest absolute Gasteiger partial charge is 0.490 e. The molecule has 0 unspecified atom stereocenters. The van der Waals surface area contributed by atoms with Crippen molar-refractivity contribution < 1.29 is 27.5 Å². The quantitative estimate of drug-likeness (QED) is 0.162. The van der Waals surface area contributed by atoms with Crippen LogP contribution >= 0.6 is 0 Å². The first-order valence-electron chi connectivity index (χ1n) is 11.2. The monoisotopic (exact) mass is 472 g/mol. The summed E-state index contributed by atoms with van der Waals surface area (Å²) in [6.45, 7) is 7.78. The standard InChI is InChI=1S/C26H36O6Si/c1-7-8-21-9-11-22(12-10-21)24-14-13-23(15-18-33(28-4,29-5)30-6)25(19-24)31-16-17-32-26(27)20(2)3/h9-14,19H,2,7-8,15-18H2,1,3-6H3. The number of carbonyl (C=O) groups is 1. The van der Waals surface area contributed by atoms with Crippen molar-refractivity contribution in [1.29, 1.82) is 0 Å². The lowest BCUT2D eigenvalue weighted by molar-refractivity contribution is -0.139. The molecule has 2 rings (SSSR count). The lowest BCUT2D eigenvalue weighted by Crippen LogP contribution is -2.43. The Labute approximate surface area is 198 Å².